The molecule has 0 aromatic rings. The monoisotopic (exact) mass is 370 g/mol. The highest BCUT2D eigenvalue weighted by atomic mass is 14.8. The molecule has 0 heterocycles. The number of hydrogen-bond donors (Lipinski definition) is 2. The minimum atomic E-state index is 0.511. The van der Waals surface area contributed by atoms with Crippen LogP contribution in [-0.4, -0.2) is 12.1 Å². The predicted molar refractivity (Wildman–Crippen MR) is 111 cm³/mol. The Kier molecular flexibility index (Phi) is 3.78. The summed E-state index contributed by atoms with van der Waals surface area (Å²) in [5, 5.41) is 0. The third-order valence-corrected chi connectivity index (χ3v) is 11.7. The molecule has 12 atom stereocenters. The van der Waals surface area contributed by atoms with Crippen molar-refractivity contribution in [2.75, 3.05) is 0 Å². The first-order valence-corrected chi connectivity index (χ1v) is 12.5. The van der Waals surface area contributed by atoms with Crippen molar-refractivity contribution in [3.05, 3.63) is 0 Å². The summed E-state index contributed by atoms with van der Waals surface area (Å²) < 4.78 is 0. The van der Waals surface area contributed by atoms with Gasteiger partial charge in [-0.1, -0.05) is 26.7 Å². The van der Waals surface area contributed by atoms with Crippen molar-refractivity contribution in [1.82, 2.24) is 0 Å². The molecule has 152 valence electrons. The van der Waals surface area contributed by atoms with Crippen LogP contribution in [0.1, 0.15) is 84.5 Å². The third-order valence-electron chi connectivity index (χ3n) is 11.7. The fourth-order valence-electron chi connectivity index (χ4n) is 10.8. The van der Waals surface area contributed by atoms with E-state index in [1.165, 1.54) is 70.6 Å². The molecular weight excluding hydrogens is 328 g/mol. The first kappa shape index (κ1) is 17.8. The van der Waals surface area contributed by atoms with Gasteiger partial charge in [-0.25, -0.2) is 0 Å². The molecule has 4 N–H and O–H groups in total. The summed E-state index contributed by atoms with van der Waals surface area (Å²) >= 11 is 0. The highest BCUT2D eigenvalue weighted by Gasteiger charge is 2.66. The number of fused-ring (bicyclic) bond motifs is 6. The molecule has 4 bridgehead atoms. The molecule has 0 amide bonds. The van der Waals surface area contributed by atoms with Gasteiger partial charge in [0.15, 0.2) is 0 Å². The van der Waals surface area contributed by atoms with Gasteiger partial charge in [-0.2, -0.15) is 0 Å². The molecule has 0 saturated heterocycles. The highest BCUT2D eigenvalue weighted by Crippen LogP contribution is 2.71. The summed E-state index contributed by atoms with van der Waals surface area (Å²) in [5.74, 6) is 7.33. The molecule has 0 aromatic carbocycles. The van der Waals surface area contributed by atoms with Crippen LogP contribution < -0.4 is 11.5 Å². The van der Waals surface area contributed by atoms with Crippen molar-refractivity contribution in [2.45, 2.75) is 96.6 Å². The van der Waals surface area contributed by atoms with Crippen molar-refractivity contribution < 1.29 is 0 Å². The van der Waals surface area contributed by atoms with E-state index >= 15 is 0 Å². The molecule has 2 heteroatoms. The largest absolute Gasteiger partial charge is 0.327 e. The fourth-order valence-corrected chi connectivity index (χ4v) is 10.8. The Balaban J connectivity index is 1.28. The summed E-state index contributed by atoms with van der Waals surface area (Å²) in [6.45, 7) is 5.09. The Morgan fingerprint density at radius 1 is 0.741 bits per heavy atom. The maximum atomic E-state index is 6.95. The second-order valence-corrected chi connectivity index (χ2v) is 12.5. The molecule has 6 aliphatic rings. The average Bonchev–Trinajstić information content (AvgIpc) is 3.41. The highest BCUT2D eigenvalue weighted by molar-refractivity contribution is 5.17. The van der Waals surface area contributed by atoms with E-state index in [1.54, 1.807) is 0 Å². The molecule has 0 aromatic heterocycles. The van der Waals surface area contributed by atoms with E-state index in [0.717, 1.165) is 47.3 Å². The van der Waals surface area contributed by atoms with Crippen LogP contribution in [0.15, 0.2) is 0 Å². The van der Waals surface area contributed by atoms with E-state index in [9.17, 15) is 0 Å². The molecule has 2 nitrogen and oxygen atoms in total. The molecule has 0 aliphatic heterocycles. The van der Waals surface area contributed by atoms with Crippen LogP contribution >= 0.6 is 0 Å². The molecule has 27 heavy (non-hydrogen) atoms. The fraction of sp³-hybridized carbons (Fsp3) is 1.00. The summed E-state index contributed by atoms with van der Waals surface area (Å²) in [6, 6.07) is 1.03. The van der Waals surface area contributed by atoms with E-state index in [-0.39, 0.29) is 0 Å². The van der Waals surface area contributed by atoms with Gasteiger partial charge < -0.3 is 11.5 Å². The quantitative estimate of drug-likeness (QED) is 0.685. The Bertz CT molecular complexity index is 613. The van der Waals surface area contributed by atoms with E-state index in [2.05, 4.69) is 13.8 Å². The van der Waals surface area contributed by atoms with Crippen molar-refractivity contribution in [3.8, 4) is 0 Å². The minimum absolute atomic E-state index is 0.511. The molecule has 6 saturated carbocycles. The number of hydrogen-bond acceptors (Lipinski definition) is 2. The number of nitrogens with two attached hydrogens (primary N) is 2. The first-order chi connectivity index (χ1) is 12.9. The zero-order chi connectivity index (χ0) is 18.6. The van der Waals surface area contributed by atoms with Crippen LogP contribution in [0, 0.1) is 58.2 Å². The topological polar surface area (TPSA) is 52.0 Å². The zero-order valence-electron chi connectivity index (χ0n) is 17.7. The lowest BCUT2D eigenvalue weighted by molar-refractivity contribution is -0.00466. The van der Waals surface area contributed by atoms with E-state index in [0.29, 0.717) is 22.9 Å². The van der Waals surface area contributed by atoms with E-state index in [1.807, 2.05) is 0 Å². The normalized spacial score (nSPS) is 64.4. The first-order valence-electron chi connectivity index (χ1n) is 12.5. The standard InChI is InChI=1S/C25H42N2/c1-14-4-3-7-24(11-14)21-10-17(23(24)27)9-19(21)20-13-25(12-15(20)2)18-6-5-16(8-18)22(25)26/h14-23H,3-13,26-27H2,1-2H3/t14-,15+,16-,17-,18+,19?,20?,21-,22-,23-,24?,25?/m0/s1. The van der Waals surface area contributed by atoms with Crippen LogP contribution in [0.5, 0.6) is 0 Å². The molecule has 2 spiro atoms. The SMILES string of the molecule is C[C@H]1CCCC2(C1)[C@H]1C[C@H](CC1C1CC3(C[C@H]1C)[C@@H]1CC[C@@H](C1)[C@@H]3N)[C@@H]2N. The van der Waals surface area contributed by atoms with Gasteiger partial charge in [0.2, 0.25) is 0 Å². The Morgan fingerprint density at radius 2 is 1.56 bits per heavy atom. The maximum Gasteiger partial charge on any atom is 0.0127 e. The second-order valence-electron chi connectivity index (χ2n) is 12.5. The number of rotatable bonds is 1. The molecular formula is C25H42N2. The lowest BCUT2D eigenvalue weighted by Gasteiger charge is -2.51. The molecule has 6 rings (SSSR count). The Hall–Kier alpha value is -0.0800. The van der Waals surface area contributed by atoms with Gasteiger partial charge in [-0.3, -0.25) is 0 Å². The van der Waals surface area contributed by atoms with Gasteiger partial charge >= 0.3 is 0 Å². The van der Waals surface area contributed by atoms with Crippen molar-refractivity contribution in [3.63, 3.8) is 0 Å². The van der Waals surface area contributed by atoms with Crippen LogP contribution in [0.2, 0.25) is 0 Å². The summed E-state index contributed by atoms with van der Waals surface area (Å²) in [7, 11) is 0. The summed E-state index contributed by atoms with van der Waals surface area (Å²) in [5.41, 5.74) is 14.9. The van der Waals surface area contributed by atoms with Crippen molar-refractivity contribution in [2.24, 2.45) is 69.6 Å². The van der Waals surface area contributed by atoms with Crippen LogP contribution in [0.4, 0.5) is 0 Å². The van der Waals surface area contributed by atoms with E-state index in [4.69, 9.17) is 11.5 Å². The maximum absolute atomic E-state index is 6.95. The molecule has 0 radical (unpaired) electrons. The van der Waals surface area contributed by atoms with Crippen LogP contribution in [0.3, 0.4) is 0 Å². The van der Waals surface area contributed by atoms with Gasteiger partial charge in [-0.15, -0.1) is 0 Å². The average molecular weight is 371 g/mol. The predicted octanol–water partition coefficient (Wildman–Crippen LogP) is 4.96. The lowest BCUT2D eigenvalue weighted by Crippen LogP contribution is -2.52. The van der Waals surface area contributed by atoms with Gasteiger partial charge in [0.25, 0.3) is 0 Å². The minimum Gasteiger partial charge on any atom is -0.327 e. The van der Waals surface area contributed by atoms with Gasteiger partial charge in [0, 0.05) is 12.1 Å². The summed E-state index contributed by atoms with van der Waals surface area (Å²) in [4.78, 5) is 0. The molecule has 4 unspecified atom stereocenters. The van der Waals surface area contributed by atoms with Gasteiger partial charge in [0.05, 0.1) is 0 Å². The zero-order valence-corrected chi connectivity index (χ0v) is 17.7. The van der Waals surface area contributed by atoms with Crippen molar-refractivity contribution >= 4 is 0 Å². The smallest absolute Gasteiger partial charge is 0.0127 e. The van der Waals surface area contributed by atoms with Crippen LogP contribution in [0.25, 0.3) is 0 Å². The summed E-state index contributed by atoms with van der Waals surface area (Å²) in [6.07, 6.45) is 16.0. The van der Waals surface area contributed by atoms with Gasteiger partial charge in [0.1, 0.15) is 0 Å². The molecule has 6 fully saturated rings. The van der Waals surface area contributed by atoms with Crippen LogP contribution in [-0.2, 0) is 0 Å². The van der Waals surface area contributed by atoms with E-state index < -0.39 is 0 Å². The second kappa shape index (κ2) is 5.75. The Morgan fingerprint density at radius 3 is 2.26 bits per heavy atom. The van der Waals surface area contributed by atoms with Gasteiger partial charge in [-0.05, 0) is 116 Å². The van der Waals surface area contributed by atoms with Crippen molar-refractivity contribution in [1.29, 1.82) is 0 Å². The Labute approximate surface area is 166 Å². The lowest BCUT2D eigenvalue weighted by atomic mass is 9.55. The third kappa shape index (κ3) is 2.16. The molecule has 6 aliphatic carbocycles.